The van der Waals surface area contributed by atoms with Crippen LogP contribution in [0.3, 0.4) is 0 Å². The molecule has 25 heavy (non-hydrogen) atoms. The predicted octanol–water partition coefficient (Wildman–Crippen LogP) is 2.04. The number of pyridine rings is 1. The van der Waals surface area contributed by atoms with E-state index in [4.69, 9.17) is 4.74 Å². The van der Waals surface area contributed by atoms with Gasteiger partial charge in [-0.25, -0.2) is 4.98 Å². The first-order valence-electron chi connectivity index (χ1n) is 9.31. The Hall–Kier alpha value is -1.92. The maximum Gasteiger partial charge on any atom is 0.234 e. The number of H-pyrrole nitrogens is 1. The Morgan fingerprint density at radius 2 is 2.08 bits per heavy atom. The van der Waals surface area contributed by atoms with Crippen LogP contribution >= 0.6 is 0 Å². The first-order valence-corrected chi connectivity index (χ1v) is 9.31. The number of likely N-dealkylation sites (tertiary alicyclic amines) is 1. The molecule has 2 fully saturated rings. The molecule has 0 bridgehead atoms. The van der Waals surface area contributed by atoms with Gasteiger partial charge in [-0.3, -0.25) is 9.69 Å². The molecule has 4 heterocycles. The number of ether oxygens (including phenoxy) is 1. The van der Waals surface area contributed by atoms with E-state index in [9.17, 15) is 4.79 Å². The van der Waals surface area contributed by atoms with Gasteiger partial charge in [0.1, 0.15) is 5.65 Å². The summed E-state index contributed by atoms with van der Waals surface area (Å²) in [6.07, 6.45) is 7.97. The van der Waals surface area contributed by atoms with Gasteiger partial charge in [0.25, 0.3) is 0 Å². The van der Waals surface area contributed by atoms with Gasteiger partial charge in [0.2, 0.25) is 5.91 Å². The van der Waals surface area contributed by atoms with Crippen molar-refractivity contribution in [3.05, 3.63) is 30.1 Å². The molecule has 6 nitrogen and oxygen atoms in total. The average molecular weight is 342 g/mol. The van der Waals surface area contributed by atoms with E-state index < -0.39 is 0 Å². The molecular formula is C19H26N4O2. The summed E-state index contributed by atoms with van der Waals surface area (Å²) in [6, 6.07) is 4.43. The van der Waals surface area contributed by atoms with Crippen LogP contribution in [0.1, 0.15) is 37.2 Å². The number of fused-ring (bicyclic) bond motifs is 1. The van der Waals surface area contributed by atoms with E-state index in [2.05, 4.69) is 32.4 Å². The van der Waals surface area contributed by atoms with Crippen molar-refractivity contribution in [2.24, 2.45) is 0 Å². The van der Waals surface area contributed by atoms with E-state index in [0.29, 0.717) is 12.5 Å². The van der Waals surface area contributed by atoms with E-state index in [1.54, 1.807) is 0 Å². The van der Waals surface area contributed by atoms with Crippen LogP contribution in [0.25, 0.3) is 11.0 Å². The molecule has 2 aromatic heterocycles. The van der Waals surface area contributed by atoms with Crippen molar-refractivity contribution in [3.63, 3.8) is 0 Å². The van der Waals surface area contributed by atoms with Crippen molar-refractivity contribution in [2.75, 3.05) is 32.8 Å². The van der Waals surface area contributed by atoms with Crippen LogP contribution < -0.4 is 5.32 Å². The van der Waals surface area contributed by atoms with Crippen molar-refractivity contribution < 1.29 is 9.53 Å². The minimum atomic E-state index is 0.154. The zero-order chi connectivity index (χ0) is 17.1. The molecule has 0 radical (unpaired) electrons. The van der Waals surface area contributed by atoms with E-state index >= 15 is 0 Å². The molecule has 2 N–H and O–H groups in total. The molecule has 0 saturated carbocycles. The molecule has 0 aromatic carbocycles. The molecule has 6 heteroatoms. The van der Waals surface area contributed by atoms with Crippen LogP contribution in [0, 0.1) is 0 Å². The lowest BCUT2D eigenvalue weighted by Crippen LogP contribution is -2.45. The quantitative estimate of drug-likeness (QED) is 0.892. The van der Waals surface area contributed by atoms with Gasteiger partial charge in [0, 0.05) is 37.0 Å². The molecule has 2 aliphatic rings. The van der Waals surface area contributed by atoms with Crippen molar-refractivity contribution in [2.45, 2.75) is 37.6 Å². The Kier molecular flexibility index (Phi) is 4.99. The lowest BCUT2D eigenvalue weighted by atomic mass is 9.89. The fourth-order valence-corrected chi connectivity index (χ4v) is 4.04. The van der Waals surface area contributed by atoms with E-state index in [0.717, 1.165) is 57.6 Å². The predicted molar refractivity (Wildman–Crippen MR) is 96.5 cm³/mol. The second-order valence-corrected chi connectivity index (χ2v) is 7.15. The van der Waals surface area contributed by atoms with Gasteiger partial charge in [-0.05, 0) is 62.4 Å². The van der Waals surface area contributed by atoms with Crippen LogP contribution in [0.5, 0.6) is 0 Å². The smallest absolute Gasteiger partial charge is 0.234 e. The number of amides is 1. The molecule has 4 rings (SSSR count). The van der Waals surface area contributed by atoms with Crippen LogP contribution in [0.4, 0.5) is 0 Å². The third-order valence-electron chi connectivity index (χ3n) is 5.46. The van der Waals surface area contributed by atoms with Crippen LogP contribution in [0.15, 0.2) is 24.5 Å². The van der Waals surface area contributed by atoms with Crippen LogP contribution in [0.2, 0.25) is 0 Å². The van der Waals surface area contributed by atoms with E-state index in [1.165, 1.54) is 10.9 Å². The van der Waals surface area contributed by atoms with Gasteiger partial charge in [-0.15, -0.1) is 0 Å². The van der Waals surface area contributed by atoms with Crippen molar-refractivity contribution in [3.8, 4) is 0 Å². The molecule has 2 aliphatic heterocycles. The number of aromatic nitrogens is 2. The van der Waals surface area contributed by atoms with Crippen molar-refractivity contribution in [1.29, 1.82) is 0 Å². The average Bonchev–Trinajstić information content (AvgIpc) is 3.07. The fraction of sp³-hybridized carbons (Fsp3) is 0.579. The number of carbonyl (C=O) groups is 1. The van der Waals surface area contributed by atoms with Gasteiger partial charge in [0.15, 0.2) is 0 Å². The first kappa shape index (κ1) is 16.5. The molecular weight excluding hydrogens is 316 g/mol. The molecule has 1 amide bonds. The van der Waals surface area contributed by atoms with Gasteiger partial charge >= 0.3 is 0 Å². The summed E-state index contributed by atoms with van der Waals surface area (Å²) in [5.74, 6) is 0.703. The number of nitrogens with one attached hydrogen (secondary N) is 2. The molecule has 2 saturated heterocycles. The molecule has 0 spiro atoms. The minimum Gasteiger partial charge on any atom is -0.381 e. The topological polar surface area (TPSA) is 70.2 Å². The maximum absolute atomic E-state index is 12.3. The Labute approximate surface area is 147 Å². The zero-order valence-electron chi connectivity index (χ0n) is 14.5. The Bertz CT molecular complexity index is 715. The zero-order valence-corrected chi connectivity index (χ0v) is 14.5. The number of carbonyl (C=O) groups excluding carboxylic acids is 1. The molecule has 0 aliphatic carbocycles. The number of rotatable bonds is 4. The number of piperidine rings is 1. The summed E-state index contributed by atoms with van der Waals surface area (Å²) in [7, 11) is 0. The molecule has 2 aromatic rings. The third kappa shape index (κ3) is 3.85. The normalized spacial score (nSPS) is 20.8. The highest BCUT2D eigenvalue weighted by molar-refractivity contribution is 5.80. The molecule has 0 atom stereocenters. The Morgan fingerprint density at radius 3 is 2.88 bits per heavy atom. The molecule has 0 unspecified atom stereocenters. The summed E-state index contributed by atoms with van der Waals surface area (Å²) in [5, 5.41) is 4.39. The standard InChI is InChI=1S/C19H26N4O2/c24-18(22-15-5-10-25-11-6-15)13-23-8-3-14(4-9-23)17-12-21-19-16(17)2-1-7-20-19/h1-2,7,12,14-15H,3-6,8-11,13H2,(H,20,21)(H,22,24). The Balaban J connectivity index is 1.28. The van der Waals surface area contributed by atoms with Crippen LogP contribution in [-0.2, 0) is 9.53 Å². The maximum atomic E-state index is 12.3. The van der Waals surface area contributed by atoms with Gasteiger partial charge < -0.3 is 15.0 Å². The third-order valence-corrected chi connectivity index (χ3v) is 5.46. The highest BCUT2D eigenvalue weighted by Gasteiger charge is 2.25. The molecule has 134 valence electrons. The summed E-state index contributed by atoms with van der Waals surface area (Å²) >= 11 is 0. The van der Waals surface area contributed by atoms with Crippen molar-refractivity contribution in [1.82, 2.24) is 20.2 Å². The monoisotopic (exact) mass is 342 g/mol. The van der Waals surface area contributed by atoms with Gasteiger partial charge in [-0.1, -0.05) is 0 Å². The second kappa shape index (κ2) is 7.54. The number of hydrogen-bond donors (Lipinski definition) is 2. The number of aromatic amines is 1. The van der Waals surface area contributed by atoms with Gasteiger partial charge in [0.05, 0.1) is 6.54 Å². The number of nitrogens with zero attached hydrogens (tertiary/aromatic N) is 2. The first-order chi connectivity index (χ1) is 12.3. The Morgan fingerprint density at radius 1 is 1.28 bits per heavy atom. The summed E-state index contributed by atoms with van der Waals surface area (Å²) in [5.41, 5.74) is 2.34. The SMILES string of the molecule is O=C(CN1CCC(c2c[nH]c3ncccc23)CC1)NC1CCOCC1. The van der Waals surface area contributed by atoms with E-state index in [-0.39, 0.29) is 11.9 Å². The van der Waals surface area contributed by atoms with E-state index in [1.807, 2.05) is 12.3 Å². The highest BCUT2D eigenvalue weighted by atomic mass is 16.5. The summed E-state index contributed by atoms with van der Waals surface area (Å²) < 4.78 is 5.34. The van der Waals surface area contributed by atoms with Crippen molar-refractivity contribution >= 4 is 16.9 Å². The minimum absolute atomic E-state index is 0.154. The lowest BCUT2D eigenvalue weighted by molar-refractivity contribution is -0.123. The largest absolute Gasteiger partial charge is 0.381 e. The summed E-state index contributed by atoms with van der Waals surface area (Å²) in [6.45, 7) is 3.97. The highest BCUT2D eigenvalue weighted by Crippen LogP contribution is 2.32. The number of hydrogen-bond acceptors (Lipinski definition) is 4. The second-order valence-electron chi connectivity index (χ2n) is 7.15. The van der Waals surface area contributed by atoms with Gasteiger partial charge in [-0.2, -0.15) is 0 Å². The lowest BCUT2D eigenvalue weighted by Gasteiger charge is -2.32. The van der Waals surface area contributed by atoms with Crippen LogP contribution in [-0.4, -0.2) is 59.7 Å². The summed E-state index contributed by atoms with van der Waals surface area (Å²) in [4.78, 5) is 22.2. The fourth-order valence-electron chi connectivity index (χ4n) is 4.04.